The van der Waals surface area contributed by atoms with Crippen LogP contribution >= 0.6 is 22.6 Å². The van der Waals surface area contributed by atoms with Gasteiger partial charge in [0.2, 0.25) is 5.69 Å². The van der Waals surface area contributed by atoms with Gasteiger partial charge < -0.3 is 4.40 Å². The number of benzene rings is 2. The standard InChI is InChI=1S/C30H25IN3.ClHO4/c1-21-25-17-9-12-20-34(25)29(27(21)23-13-5-3-6-14-23)32-28-26-18-10-11-19-33(26)22(2)30(28,31)24-15-7-4-8-16-24;2-1(3,4)5/h3-20,22H,1-2H3;(H,2,3,4,5)/q+1;/p-1. The third kappa shape index (κ3) is 5.23. The molecule has 4 heterocycles. The zero-order valence-corrected chi connectivity index (χ0v) is 24.1. The van der Waals surface area contributed by atoms with E-state index in [2.05, 4.69) is 155 Å². The summed E-state index contributed by atoms with van der Waals surface area (Å²) >= 11 is 2.64. The van der Waals surface area contributed by atoms with Crippen molar-refractivity contribution in [3.63, 3.8) is 0 Å². The van der Waals surface area contributed by atoms with Crippen LogP contribution in [-0.4, -0.2) is 10.1 Å². The molecule has 7 nitrogen and oxygen atoms in total. The molecule has 39 heavy (non-hydrogen) atoms. The van der Waals surface area contributed by atoms with Crippen molar-refractivity contribution >= 4 is 39.6 Å². The van der Waals surface area contributed by atoms with Crippen LogP contribution in [0.5, 0.6) is 0 Å². The average molecular weight is 654 g/mol. The lowest BCUT2D eigenvalue weighted by molar-refractivity contribution is -2.00. The molecule has 0 bridgehead atoms. The molecule has 1 aliphatic heterocycles. The molecule has 6 rings (SSSR count). The topological polar surface area (TPSA) is 113 Å². The Morgan fingerprint density at radius 1 is 0.846 bits per heavy atom. The first-order chi connectivity index (χ1) is 18.6. The van der Waals surface area contributed by atoms with E-state index in [1.54, 1.807) is 0 Å². The van der Waals surface area contributed by atoms with E-state index in [9.17, 15) is 0 Å². The van der Waals surface area contributed by atoms with Crippen LogP contribution in [0.1, 0.15) is 29.8 Å². The highest BCUT2D eigenvalue weighted by atomic mass is 127. The lowest BCUT2D eigenvalue weighted by Crippen LogP contribution is -2.68. The molecule has 0 saturated carbocycles. The van der Waals surface area contributed by atoms with E-state index in [0.717, 1.165) is 17.2 Å². The molecular formula is C30H25ClIN3O4. The van der Waals surface area contributed by atoms with E-state index in [-0.39, 0.29) is 9.46 Å². The van der Waals surface area contributed by atoms with Crippen LogP contribution in [0.15, 0.2) is 114 Å². The molecule has 2 unspecified atom stereocenters. The largest absolute Gasteiger partial charge is 0.301 e. The number of nitrogens with zero attached hydrogens (tertiary/aromatic N) is 3. The lowest BCUT2D eigenvalue weighted by Gasteiger charge is -2.23. The molecule has 0 spiro atoms. The van der Waals surface area contributed by atoms with Gasteiger partial charge in [-0.1, -0.05) is 89.3 Å². The summed E-state index contributed by atoms with van der Waals surface area (Å²) in [6, 6.07) is 34.4. The molecule has 0 fully saturated rings. The van der Waals surface area contributed by atoms with Gasteiger partial charge in [0.1, 0.15) is 11.5 Å². The summed E-state index contributed by atoms with van der Waals surface area (Å²) in [5, 5.41) is 0. The summed E-state index contributed by atoms with van der Waals surface area (Å²) in [5.74, 6) is 0.982. The Labute approximate surface area is 242 Å². The molecular weight excluding hydrogens is 629 g/mol. The maximum atomic E-state index is 8.49. The number of halogens is 2. The first kappa shape index (κ1) is 27.4. The first-order valence-electron chi connectivity index (χ1n) is 12.2. The molecule has 2 aromatic carbocycles. The highest BCUT2D eigenvalue weighted by molar-refractivity contribution is 14.1. The fraction of sp³-hybridized carbons (Fsp3) is 0.133. The lowest BCUT2D eigenvalue weighted by atomic mass is 9.89. The molecule has 0 N–H and O–H groups in total. The van der Waals surface area contributed by atoms with Crippen LogP contribution in [0.25, 0.3) is 16.6 Å². The maximum absolute atomic E-state index is 8.49. The van der Waals surface area contributed by atoms with Crippen molar-refractivity contribution in [3.05, 3.63) is 126 Å². The monoisotopic (exact) mass is 653 g/mol. The van der Waals surface area contributed by atoms with E-state index >= 15 is 0 Å². The summed E-state index contributed by atoms with van der Waals surface area (Å²) in [7, 11) is -4.94. The average Bonchev–Trinajstić information content (AvgIpc) is 3.33. The van der Waals surface area contributed by atoms with Crippen molar-refractivity contribution < 1.29 is 33.4 Å². The zero-order chi connectivity index (χ0) is 27.8. The molecule has 2 atom stereocenters. The number of hydrogen-bond donors (Lipinski definition) is 0. The van der Waals surface area contributed by atoms with E-state index < -0.39 is 10.2 Å². The Balaban J connectivity index is 0.000000567. The van der Waals surface area contributed by atoms with Crippen LogP contribution in [0.2, 0.25) is 0 Å². The van der Waals surface area contributed by atoms with Crippen LogP contribution in [-0.2, 0) is 3.42 Å². The normalized spacial score (nSPS) is 19.6. The number of aromatic nitrogens is 2. The molecule has 5 aromatic rings. The fourth-order valence-electron chi connectivity index (χ4n) is 5.28. The summed E-state index contributed by atoms with van der Waals surface area (Å²) in [6.45, 7) is 4.50. The van der Waals surface area contributed by atoms with Gasteiger partial charge in [-0.15, -0.1) is 10.2 Å². The number of hydrogen-bond acceptors (Lipinski definition) is 5. The first-order valence-corrected chi connectivity index (χ1v) is 14.5. The van der Waals surface area contributed by atoms with Crippen LogP contribution < -0.4 is 23.2 Å². The van der Waals surface area contributed by atoms with Gasteiger partial charge in [0.05, 0.1) is 5.52 Å². The Morgan fingerprint density at radius 2 is 1.44 bits per heavy atom. The van der Waals surface area contributed by atoms with Gasteiger partial charge in [0, 0.05) is 23.9 Å². The second kappa shape index (κ2) is 10.8. The van der Waals surface area contributed by atoms with Gasteiger partial charge in [0.25, 0.3) is 0 Å². The third-order valence-corrected chi connectivity index (χ3v) is 9.05. The summed E-state index contributed by atoms with van der Waals surface area (Å²) in [5.41, 5.74) is 8.33. The Morgan fingerprint density at radius 3 is 2.10 bits per heavy atom. The van der Waals surface area contributed by atoms with Crippen molar-refractivity contribution in [2.24, 2.45) is 4.99 Å². The second-order valence-electron chi connectivity index (χ2n) is 9.23. The number of aliphatic imine (C=N–C) groups is 1. The van der Waals surface area contributed by atoms with Crippen LogP contribution in [0, 0.1) is 17.2 Å². The van der Waals surface area contributed by atoms with E-state index in [0.29, 0.717) is 0 Å². The van der Waals surface area contributed by atoms with Gasteiger partial charge in [-0.25, -0.2) is 23.6 Å². The van der Waals surface area contributed by atoms with Gasteiger partial charge in [-0.2, -0.15) is 4.57 Å². The summed E-state index contributed by atoms with van der Waals surface area (Å²) in [6.07, 6.45) is 4.31. The van der Waals surface area contributed by atoms with Crippen molar-refractivity contribution in [2.75, 3.05) is 0 Å². The molecule has 3 aromatic heterocycles. The molecule has 0 saturated heterocycles. The third-order valence-electron chi connectivity index (χ3n) is 7.02. The molecule has 198 valence electrons. The molecule has 1 aliphatic rings. The zero-order valence-electron chi connectivity index (χ0n) is 21.2. The quantitative estimate of drug-likeness (QED) is 0.169. The smallest absolute Gasteiger partial charge is 0.229 e. The minimum absolute atomic E-state index is 0.220. The van der Waals surface area contributed by atoms with Crippen LogP contribution in [0.3, 0.4) is 0 Å². The van der Waals surface area contributed by atoms with Crippen molar-refractivity contribution in [3.8, 4) is 11.1 Å². The molecule has 0 aliphatic carbocycles. The van der Waals surface area contributed by atoms with Gasteiger partial charge in [-0.3, -0.25) is 0 Å². The number of fused-ring (bicyclic) bond motifs is 2. The molecule has 9 heteroatoms. The number of rotatable bonds is 3. The highest BCUT2D eigenvalue weighted by Gasteiger charge is 2.55. The summed E-state index contributed by atoms with van der Waals surface area (Å²) in [4.78, 5) is 5.56. The Hall–Kier alpha value is -3.12. The van der Waals surface area contributed by atoms with E-state index in [1.165, 1.54) is 27.8 Å². The van der Waals surface area contributed by atoms with Crippen LogP contribution in [0.4, 0.5) is 5.82 Å². The summed E-state index contributed by atoms with van der Waals surface area (Å²) < 4.78 is 38.3. The van der Waals surface area contributed by atoms with Gasteiger partial charge in [0.15, 0.2) is 15.7 Å². The van der Waals surface area contributed by atoms with E-state index in [4.69, 9.17) is 23.6 Å². The number of pyridine rings is 2. The molecule has 0 radical (unpaired) electrons. The van der Waals surface area contributed by atoms with Crippen molar-refractivity contribution in [2.45, 2.75) is 23.3 Å². The fourth-order valence-corrected chi connectivity index (χ4v) is 6.34. The predicted molar refractivity (Wildman–Crippen MR) is 147 cm³/mol. The SMILES string of the molecule is Cc1c(-c2ccccc2)c(N=C2c3cccc[n+]3C(C)C2(I)c2ccccc2)n2ccccc12.[O-][Cl+3]([O-])([O-])[O-]. The molecule has 0 amide bonds. The van der Waals surface area contributed by atoms with Gasteiger partial charge in [-0.05, 0) is 48.7 Å². The number of aryl methyl sites for hydroxylation is 1. The predicted octanol–water partition coefficient (Wildman–Crippen LogP) is 2.47. The van der Waals surface area contributed by atoms with E-state index in [1.807, 2.05) is 0 Å². The Kier molecular flexibility index (Phi) is 7.60. The minimum Gasteiger partial charge on any atom is -0.301 e. The maximum Gasteiger partial charge on any atom is 0.229 e. The number of alkyl halides is 1. The second-order valence-corrected chi connectivity index (χ2v) is 11.7. The minimum atomic E-state index is -4.94. The Bertz CT molecular complexity index is 1650. The van der Waals surface area contributed by atoms with Crippen molar-refractivity contribution in [1.29, 1.82) is 0 Å². The highest BCUT2D eigenvalue weighted by Crippen LogP contribution is 2.48. The van der Waals surface area contributed by atoms with Gasteiger partial charge >= 0.3 is 0 Å². The van der Waals surface area contributed by atoms with Crippen molar-refractivity contribution in [1.82, 2.24) is 4.40 Å².